The van der Waals surface area contributed by atoms with Gasteiger partial charge in [0.2, 0.25) is 0 Å². The molecule has 1 N–H and O–H groups in total. The molecular formula is C17H20NO5+. The monoisotopic (exact) mass is 318 g/mol. The average molecular weight is 318 g/mol. The molecule has 0 saturated carbocycles. The van der Waals surface area contributed by atoms with E-state index < -0.39 is 5.97 Å². The molecule has 1 saturated heterocycles. The third kappa shape index (κ3) is 2.59. The number of esters is 2. The zero-order valence-corrected chi connectivity index (χ0v) is 13.0. The Hall–Kier alpha value is -2.34. The summed E-state index contributed by atoms with van der Waals surface area (Å²) in [5, 5.41) is 10.3. The molecule has 122 valence electrons. The molecule has 2 aliphatic rings. The van der Waals surface area contributed by atoms with E-state index in [1.807, 2.05) is 30.3 Å². The highest BCUT2D eigenvalue weighted by atomic mass is 16.5. The van der Waals surface area contributed by atoms with Gasteiger partial charge in [0.1, 0.15) is 6.61 Å². The highest BCUT2D eigenvalue weighted by Gasteiger charge is 2.55. The Kier molecular flexibility index (Phi) is 4.09. The highest BCUT2D eigenvalue weighted by molar-refractivity contribution is 5.87. The molecule has 1 aromatic rings. The molecular weight excluding hydrogens is 298 g/mol. The van der Waals surface area contributed by atoms with Crippen LogP contribution in [0.3, 0.4) is 0 Å². The summed E-state index contributed by atoms with van der Waals surface area (Å²) in [4.78, 5) is 24.3. The smallest absolute Gasteiger partial charge is 0.396 e. The number of quaternary nitrogens is 1. The fourth-order valence-corrected chi connectivity index (χ4v) is 3.52. The Balaban J connectivity index is 2.07. The van der Waals surface area contributed by atoms with Crippen molar-refractivity contribution in [2.24, 2.45) is 0 Å². The zero-order valence-electron chi connectivity index (χ0n) is 13.0. The summed E-state index contributed by atoms with van der Waals surface area (Å²) in [6.45, 7) is 2.62. The van der Waals surface area contributed by atoms with Gasteiger partial charge in [-0.2, -0.15) is 0 Å². The Labute approximate surface area is 134 Å². The van der Waals surface area contributed by atoms with Gasteiger partial charge in [-0.05, 0) is 6.92 Å². The summed E-state index contributed by atoms with van der Waals surface area (Å²) in [5.41, 5.74) is 1.16. The lowest BCUT2D eigenvalue weighted by atomic mass is 10.0. The van der Waals surface area contributed by atoms with Gasteiger partial charge in [0, 0.05) is 5.56 Å². The average Bonchev–Trinajstić information content (AvgIpc) is 2.85. The third-order valence-corrected chi connectivity index (χ3v) is 4.53. The van der Waals surface area contributed by atoms with Crippen molar-refractivity contribution in [1.29, 1.82) is 0 Å². The normalized spacial score (nSPS) is 27.2. The van der Waals surface area contributed by atoms with Crippen molar-refractivity contribution in [2.75, 3.05) is 26.3 Å². The quantitative estimate of drug-likeness (QED) is 0.680. The third-order valence-electron chi connectivity index (χ3n) is 4.53. The summed E-state index contributed by atoms with van der Waals surface area (Å²) < 4.78 is 10.4. The molecule has 3 rings (SSSR count). The van der Waals surface area contributed by atoms with Crippen LogP contribution in [0.4, 0.5) is 0 Å². The molecule has 1 spiro atoms. The molecule has 0 aromatic heterocycles. The van der Waals surface area contributed by atoms with E-state index in [-0.39, 0.29) is 47.7 Å². The van der Waals surface area contributed by atoms with Crippen LogP contribution in [0.1, 0.15) is 24.9 Å². The number of aliphatic hydroxyl groups excluding tert-OH is 1. The number of cyclic esters (lactones) is 1. The minimum absolute atomic E-state index is 0.0130. The summed E-state index contributed by atoms with van der Waals surface area (Å²) >= 11 is 0. The molecule has 2 heterocycles. The first-order chi connectivity index (χ1) is 11.1. The van der Waals surface area contributed by atoms with Gasteiger partial charge in [-0.1, -0.05) is 30.3 Å². The van der Waals surface area contributed by atoms with Gasteiger partial charge in [-0.15, -0.1) is 0 Å². The maximum Gasteiger partial charge on any atom is 0.396 e. The number of hydrogen-bond donors (Lipinski definition) is 1. The van der Waals surface area contributed by atoms with Crippen LogP contribution in [0.5, 0.6) is 0 Å². The van der Waals surface area contributed by atoms with Gasteiger partial charge in [0.25, 0.3) is 5.70 Å². The zero-order chi connectivity index (χ0) is 16.4. The number of carbonyl (C=O) groups excluding carboxylic acids is 2. The predicted molar refractivity (Wildman–Crippen MR) is 81.0 cm³/mol. The second-order valence-electron chi connectivity index (χ2n) is 5.79. The van der Waals surface area contributed by atoms with Crippen molar-refractivity contribution in [3.63, 3.8) is 0 Å². The number of rotatable bonds is 3. The van der Waals surface area contributed by atoms with Crippen LogP contribution < -0.4 is 0 Å². The molecule has 0 amide bonds. The maximum atomic E-state index is 12.4. The Morgan fingerprint density at radius 3 is 2.83 bits per heavy atom. The summed E-state index contributed by atoms with van der Waals surface area (Å²) in [6.07, 6.45) is 0.352. The van der Waals surface area contributed by atoms with Crippen molar-refractivity contribution in [3.8, 4) is 0 Å². The van der Waals surface area contributed by atoms with Crippen LogP contribution in [-0.4, -0.2) is 47.8 Å². The number of benzene rings is 1. The number of aliphatic hydroxyl groups is 1. The van der Waals surface area contributed by atoms with Crippen LogP contribution in [0.25, 0.3) is 0 Å². The van der Waals surface area contributed by atoms with Crippen molar-refractivity contribution >= 4 is 11.9 Å². The molecule has 0 bridgehead atoms. The lowest BCUT2D eigenvalue weighted by molar-refractivity contribution is -0.912. The highest BCUT2D eigenvalue weighted by Crippen LogP contribution is 2.43. The van der Waals surface area contributed by atoms with E-state index in [4.69, 9.17) is 9.47 Å². The Morgan fingerprint density at radius 1 is 1.39 bits per heavy atom. The minimum Gasteiger partial charge on any atom is -0.506 e. The van der Waals surface area contributed by atoms with Gasteiger partial charge >= 0.3 is 11.9 Å². The van der Waals surface area contributed by atoms with E-state index >= 15 is 0 Å². The summed E-state index contributed by atoms with van der Waals surface area (Å²) in [6, 6.07) is 9.39. The first-order valence-corrected chi connectivity index (χ1v) is 7.75. The molecule has 6 heteroatoms. The minimum atomic E-state index is -0.557. The van der Waals surface area contributed by atoms with Crippen molar-refractivity contribution in [3.05, 3.63) is 47.4 Å². The summed E-state index contributed by atoms with van der Waals surface area (Å²) in [7, 11) is 0. The standard InChI is InChI=1S/C17H19NO5/c1-2-22-17(21)16-14(19)8-9-18(16)10-15(20)23-11-13(18)12-6-4-3-5-7-12/h3-7,13H,2,8-11H2,1H3/p+1/t13-,18-/m0/s1. The van der Waals surface area contributed by atoms with Crippen LogP contribution in [-0.2, 0) is 19.1 Å². The van der Waals surface area contributed by atoms with Crippen LogP contribution in [0.2, 0.25) is 0 Å². The summed E-state index contributed by atoms with van der Waals surface area (Å²) in [5.74, 6) is -0.911. The number of nitrogens with zero attached hydrogens (tertiary/aromatic N) is 1. The molecule has 23 heavy (non-hydrogen) atoms. The van der Waals surface area contributed by atoms with E-state index in [0.717, 1.165) is 5.56 Å². The first-order valence-electron chi connectivity index (χ1n) is 7.75. The SMILES string of the molecule is CCOC(=O)C1=C(O)CC[N@@+]12CC(=O)OC[C@H]2c1ccccc1. The van der Waals surface area contributed by atoms with Crippen LogP contribution >= 0.6 is 0 Å². The van der Waals surface area contributed by atoms with Gasteiger partial charge in [0.15, 0.2) is 18.3 Å². The van der Waals surface area contributed by atoms with E-state index in [9.17, 15) is 14.7 Å². The molecule has 2 atom stereocenters. The fourth-order valence-electron chi connectivity index (χ4n) is 3.52. The largest absolute Gasteiger partial charge is 0.506 e. The topological polar surface area (TPSA) is 72.8 Å². The first kappa shape index (κ1) is 15.6. The second-order valence-corrected chi connectivity index (χ2v) is 5.79. The second kappa shape index (κ2) is 6.04. The Bertz CT molecular complexity index is 654. The maximum absolute atomic E-state index is 12.4. The molecule has 0 aliphatic carbocycles. The van der Waals surface area contributed by atoms with E-state index in [2.05, 4.69) is 0 Å². The lowest BCUT2D eigenvalue weighted by Gasteiger charge is -2.43. The van der Waals surface area contributed by atoms with Crippen LogP contribution in [0.15, 0.2) is 41.8 Å². The molecule has 1 aromatic carbocycles. The predicted octanol–water partition coefficient (Wildman–Crippen LogP) is 1.84. The van der Waals surface area contributed by atoms with Gasteiger partial charge < -0.3 is 14.6 Å². The number of morpholine rings is 1. The molecule has 6 nitrogen and oxygen atoms in total. The van der Waals surface area contributed by atoms with E-state index in [0.29, 0.717) is 13.0 Å². The van der Waals surface area contributed by atoms with Gasteiger partial charge in [0.05, 0.1) is 19.6 Å². The van der Waals surface area contributed by atoms with E-state index in [1.54, 1.807) is 6.92 Å². The van der Waals surface area contributed by atoms with Crippen molar-refractivity contribution < 1.29 is 28.7 Å². The molecule has 0 radical (unpaired) electrons. The van der Waals surface area contributed by atoms with Gasteiger partial charge in [-0.3, -0.25) is 4.48 Å². The Morgan fingerprint density at radius 2 is 2.13 bits per heavy atom. The van der Waals surface area contributed by atoms with Gasteiger partial charge in [-0.25, -0.2) is 9.59 Å². The number of carbonyl (C=O) groups is 2. The van der Waals surface area contributed by atoms with Crippen LogP contribution in [0, 0.1) is 0 Å². The van der Waals surface area contributed by atoms with Crippen molar-refractivity contribution in [2.45, 2.75) is 19.4 Å². The molecule has 1 fully saturated rings. The lowest BCUT2D eigenvalue weighted by Crippen LogP contribution is -2.57. The molecule has 0 unspecified atom stereocenters. The number of hydrogen-bond acceptors (Lipinski definition) is 5. The van der Waals surface area contributed by atoms with Crippen molar-refractivity contribution in [1.82, 2.24) is 0 Å². The molecule has 2 aliphatic heterocycles. The number of ether oxygens (including phenoxy) is 2. The van der Waals surface area contributed by atoms with E-state index in [1.165, 1.54) is 0 Å². The fraction of sp³-hybridized carbons (Fsp3) is 0.412.